The Kier molecular flexibility index (Phi) is 9.29. The number of benzene rings is 2. The maximum Gasteiger partial charge on any atom is 0.236 e. The summed E-state index contributed by atoms with van der Waals surface area (Å²) in [5.74, 6) is 0.698. The monoisotopic (exact) mass is 489 g/mol. The predicted octanol–water partition coefficient (Wildman–Crippen LogP) is 4.72. The average Bonchev–Trinajstić information content (AvgIpc) is 3.46. The number of carbonyl (C=O) groups is 1. The smallest absolute Gasteiger partial charge is 0.236 e. The molecule has 2 aromatic rings. The Balaban J connectivity index is 0.00000160. The highest BCUT2D eigenvalue weighted by Crippen LogP contribution is 2.41. The highest BCUT2D eigenvalue weighted by Gasteiger charge is 2.38. The first-order valence-electron chi connectivity index (χ1n) is 9.76. The molecule has 1 amide bonds. The second kappa shape index (κ2) is 11.0. The van der Waals surface area contributed by atoms with Gasteiger partial charge in [0, 0.05) is 48.2 Å². The molecule has 2 aromatic carbocycles. The number of rotatable bonds is 5. The van der Waals surface area contributed by atoms with Crippen LogP contribution in [0, 0.1) is 0 Å². The summed E-state index contributed by atoms with van der Waals surface area (Å²) in [4.78, 5) is 16.6. The summed E-state index contributed by atoms with van der Waals surface area (Å²) in [6, 6.07) is 14.5. The third-order valence-corrected chi connectivity index (χ3v) is 6.13. The third kappa shape index (κ3) is 6.25. The lowest BCUT2D eigenvalue weighted by Gasteiger charge is -2.32. The van der Waals surface area contributed by atoms with Gasteiger partial charge in [-0.2, -0.15) is 0 Å². The number of nitrogens with zero attached hydrogens (tertiary/aromatic N) is 2. The zero-order valence-electron chi connectivity index (χ0n) is 16.8. The maximum absolute atomic E-state index is 12.4. The number of halogens is 4. The zero-order valence-corrected chi connectivity index (χ0v) is 20.0. The number of likely N-dealkylation sites (N-methyl/N-ethyl adjacent to an activating group) is 1. The van der Waals surface area contributed by atoms with Gasteiger partial charge in [-0.15, -0.1) is 24.8 Å². The first kappa shape index (κ1) is 25.3. The van der Waals surface area contributed by atoms with Crippen LogP contribution in [0.4, 0.5) is 0 Å². The van der Waals surface area contributed by atoms with Crippen LogP contribution in [0.3, 0.4) is 0 Å². The van der Waals surface area contributed by atoms with Crippen LogP contribution in [-0.4, -0.2) is 61.5 Å². The normalized spacial score (nSPS) is 20.8. The summed E-state index contributed by atoms with van der Waals surface area (Å²) in [7, 11) is 2.10. The lowest BCUT2D eigenvalue weighted by molar-refractivity contribution is -0.131. The molecular formula is C22H27Cl4N3O. The largest absolute Gasteiger partial charge is 0.339 e. The van der Waals surface area contributed by atoms with Crippen molar-refractivity contribution in [1.29, 1.82) is 0 Å². The quantitative estimate of drug-likeness (QED) is 0.658. The van der Waals surface area contributed by atoms with Gasteiger partial charge in [-0.3, -0.25) is 4.79 Å². The van der Waals surface area contributed by atoms with Gasteiger partial charge in [-0.25, -0.2) is 0 Å². The minimum atomic E-state index is 0. The Hall–Kier alpha value is -1.01. The molecule has 1 aliphatic carbocycles. The second-order valence-corrected chi connectivity index (χ2v) is 8.67. The van der Waals surface area contributed by atoms with Crippen molar-refractivity contribution >= 4 is 53.9 Å². The molecule has 164 valence electrons. The van der Waals surface area contributed by atoms with Crippen molar-refractivity contribution in [2.24, 2.45) is 0 Å². The van der Waals surface area contributed by atoms with E-state index in [4.69, 9.17) is 23.2 Å². The fourth-order valence-corrected chi connectivity index (χ4v) is 4.34. The van der Waals surface area contributed by atoms with E-state index in [9.17, 15) is 4.79 Å². The van der Waals surface area contributed by atoms with Crippen LogP contribution >= 0.6 is 48.0 Å². The van der Waals surface area contributed by atoms with Crippen LogP contribution in [0.25, 0.3) is 11.1 Å². The summed E-state index contributed by atoms with van der Waals surface area (Å²) in [6.07, 6.45) is 1.08. The molecule has 2 aliphatic rings. The molecule has 1 saturated carbocycles. The molecule has 0 radical (unpaired) electrons. The van der Waals surface area contributed by atoms with E-state index < -0.39 is 0 Å². The van der Waals surface area contributed by atoms with Crippen molar-refractivity contribution < 1.29 is 4.79 Å². The number of nitrogens with one attached hydrogen (secondary N) is 1. The third-order valence-electron chi connectivity index (χ3n) is 5.70. The predicted molar refractivity (Wildman–Crippen MR) is 130 cm³/mol. The van der Waals surface area contributed by atoms with E-state index in [-0.39, 0.29) is 30.7 Å². The molecule has 30 heavy (non-hydrogen) atoms. The number of carbonyl (C=O) groups excluding carboxylic acids is 1. The van der Waals surface area contributed by atoms with E-state index in [0.29, 0.717) is 28.5 Å². The van der Waals surface area contributed by atoms with Gasteiger partial charge in [-0.05, 0) is 48.4 Å². The highest BCUT2D eigenvalue weighted by molar-refractivity contribution is 6.35. The number of hydrogen-bond donors (Lipinski definition) is 1. The van der Waals surface area contributed by atoms with E-state index in [0.717, 1.165) is 43.7 Å². The van der Waals surface area contributed by atoms with Gasteiger partial charge < -0.3 is 15.1 Å². The van der Waals surface area contributed by atoms with Gasteiger partial charge in [0.05, 0.1) is 6.54 Å². The lowest BCUT2D eigenvalue weighted by atomic mass is 10.0. The summed E-state index contributed by atoms with van der Waals surface area (Å²) in [5.41, 5.74) is 3.43. The van der Waals surface area contributed by atoms with E-state index in [1.807, 2.05) is 17.0 Å². The van der Waals surface area contributed by atoms with Gasteiger partial charge in [0.25, 0.3) is 0 Å². The Morgan fingerprint density at radius 3 is 2.17 bits per heavy atom. The van der Waals surface area contributed by atoms with Gasteiger partial charge in [0.2, 0.25) is 5.91 Å². The fourth-order valence-electron chi connectivity index (χ4n) is 3.82. The zero-order chi connectivity index (χ0) is 19.7. The first-order chi connectivity index (χ1) is 13.5. The van der Waals surface area contributed by atoms with Gasteiger partial charge in [-0.1, -0.05) is 47.5 Å². The summed E-state index contributed by atoms with van der Waals surface area (Å²) in [6.45, 7) is 4.02. The Morgan fingerprint density at radius 1 is 0.967 bits per heavy atom. The lowest BCUT2D eigenvalue weighted by Crippen LogP contribution is -2.49. The van der Waals surface area contributed by atoms with Gasteiger partial charge in [0.15, 0.2) is 0 Å². The van der Waals surface area contributed by atoms with Crippen LogP contribution in [0.15, 0.2) is 42.5 Å². The molecule has 1 aliphatic heterocycles. The summed E-state index contributed by atoms with van der Waals surface area (Å²) < 4.78 is 0. The molecule has 1 N–H and O–H groups in total. The molecular weight excluding hydrogens is 464 g/mol. The highest BCUT2D eigenvalue weighted by atomic mass is 35.5. The van der Waals surface area contributed by atoms with Crippen LogP contribution in [0.5, 0.6) is 0 Å². The maximum atomic E-state index is 12.4. The first-order valence-corrected chi connectivity index (χ1v) is 10.5. The molecule has 8 heteroatoms. The molecule has 0 bridgehead atoms. The van der Waals surface area contributed by atoms with Gasteiger partial charge >= 0.3 is 0 Å². The van der Waals surface area contributed by atoms with E-state index in [2.05, 4.69) is 41.5 Å². The summed E-state index contributed by atoms with van der Waals surface area (Å²) in [5, 5.41) is 4.72. The van der Waals surface area contributed by atoms with Crippen molar-refractivity contribution in [2.45, 2.75) is 18.4 Å². The summed E-state index contributed by atoms with van der Waals surface area (Å²) >= 11 is 12.2. The molecule has 1 heterocycles. The molecule has 0 spiro atoms. The fraction of sp³-hybridized carbons (Fsp3) is 0.409. The molecule has 0 aromatic heterocycles. The second-order valence-electron chi connectivity index (χ2n) is 7.79. The molecule has 4 rings (SSSR count). The number of hydrogen-bond acceptors (Lipinski definition) is 3. The van der Waals surface area contributed by atoms with Crippen molar-refractivity contribution in [3.63, 3.8) is 0 Å². The molecule has 1 saturated heterocycles. The molecule has 1 unspecified atom stereocenters. The Bertz CT molecular complexity index is 834. The SMILES string of the molecule is CN1CCN(C(=O)CN[C@H]2CC2c2ccc(-c3cc(Cl)cc(Cl)c3)cc2)CC1.Cl.Cl. The average molecular weight is 491 g/mol. The standard InChI is InChI=1S/C22H25Cl2N3O.2ClH/c1-26-6-8-27(9-7-26)22(28)14-25-21-13-20(21)16-4-2-15(3-5-16)17-10-18(23)12-19(24)11-17;;/h2-5,10-12,20-21,25H,6-9,13-14H2,1H3;2*1H/t20?,21-;;/m0../s1. The van der Waals surface area contributed by atoms with Crippen molar-refractivity contribution in [3.8, 4) is 11.1 Å². The van der Waals surface area contributed by atoms with Crippen LogP contribution in [0.1, 0.15) is 17.9 Å². The number of amides is 1. The van der Waals surface area contributed by atoms with Crippen molar-refractivity contribution in [3.05, 3.63) is 58.1 Å². The van der Waals surface area contributed by atoms with E-state index in [1.165, 1.54) is 5.56 Å². The van der Waals surface area contributed by atoms with Crippen LogP contribution < -0.4 is 5.32 Å². The van der Waals surface area contributed by atoms with Crippen molar-refractivity contribution in [1.82, 2.24) is 15.1 Å². The molecule has 2 fully saturated rings. The van der Waals surface area contributed by atoms with Crippen LogP contribution in [-0.2, 0) is 4.79 Å². The minimum Gasteiger partial charge on any atom is -0.339 e. The van der Waals surface area contributed by atoms with Crippen LogP contribution in [0.2, 0.25) is 10.0 Å². The molecule has 2 atom stereocenters. The minimum absolute atomic E-state index is 0. The van der Waals surface area contributed by atoms with E-state index >= 15 is 0 Å². The number of piperazine rings is 1. The Labute approximate surface area is 200 Å². The van der Waals surface area contributed by atoms with Crippen molar-refractivity contribution in [2.75, 3.05) is 39.8 Å². The van der Waals surface area contributed by atoms with Gasteiger partial charge in [0.1, 0.15) is 0 Å². The van der Waals surface area contributed by atoms with E-state index in [1.54, 1.807) is 6.07 Å². The topological polar surface area (TPSA) is 35.6 Å². The Morgan fingerprint density at radius 2 is 1.57 bits per heavy atom. The molecule has 4 nitrogen and oxygen atoms in total.